The smallest absolute Gasteiger partial charge is 0.345 e. The Morgan fingerprint density at radius 3 is 2.17 bits per heavy atom. The van der Waals surface area contributed by atoms with Crippen molar-refractivity contribution in [2.24, 2.45) is 28.1 Å². The fourth-order valence-corrected chi connectivity index (χ4v) is 7.62. The van der Waals surface area contributed by atoms with Gasteiger partial charge in [0.05, 0.1) is 0 Å². The second kappa shape index (κ2) is 6.10. The van der Waals surface area contributed by atoms with E-state index in [-0.39, 0.29) is 22.2 Å². The molecule has 2 aromatic carbocycles. The lowest BCUT2D eigenvalue weighted by atomic mass is 9.58. The van der Waals surface area contributed by atoms with Gasteiger partial charge in [0.2, 0.25) is 0 Å². The monoisotopic (exact) mass is 390 g/mol. The minimum absolute atomic E-state index is 0.0196. The zero-order valence-corrected chi connectivity index (χ0v) is 17.5. The van der Waals surface area contributed by atoms with Gasteiger partial charge < -0.3 is 9.84 Å². The molecule has 0 heterocycles. The van der Waals surface area contributed by atoms with Crippen LogP contribution in [0.4, 0.5) is 0 Å². The SMILES string of the molecule is CC1(C)C2CCC1(C)C(C(Oc1ccccc1)C(=O)O)C21Cc2ccccc2C1. The van der Waals surface area contributed by atoms with Crippen molar-refractivity contribution in [1.29, 1.82) is 0 Å². The summed E-state index contributed by atoms with van der Waals surface area (Å²) in [6, 6.07) is 18.2. The molecule has 1 spiro atoms. The predicted octanol–water partition coefficient (Wildman–Crippen LogP) is 5.38. The van der Waals surface area contributed by atoms with Gasteiger partial charge in [-0.05, 0) is 71.1 Å². The summed E-state index contributed by atoms with van der Waals surface area (Å²) in [7, 11) is 0. The van der Waals surface area contributed by atoms with Gasteiger partial charge in [-0.25, -0.2) is 4.79 Å². The van der Waals surface area contributed by atoms with Gasteiger partial charge in [-0.3, -0.25) is 0 Å². The van der Waals surface area contributed by atoms with E-state index >= 15 is 0 Å². The maximum absolute atomic E-state index is 12.6. The molecule has 3 nitrogen and oxygen atoms in total. The predicted molar refractivity (Wildman–Crippen MR) is 113 cm³/mol. The summed E-state index contributed by atoms with van der Waals surface area (Å²) in [5, 5.41) is 10.3. The summed E-state index contributed by atoms with van der Waals surface area (Å²) in [6.07, 6.45) is 3.38. The Balaban J connectivity index is 1.63. The van der Waals surface area contributed by atoms with Gasteiger partial charge in [-0.2, -0.15) is 0 Å². The van der Waals surface area contributed by atoms with Crippen LogP contribution in [-0.2, 0) is 17.6 Å². The van der Waals surface area contributed by atoms with Crippen molar-refractivity contribution in [3.05, 3.63) is 65.7 Å². The van der Waals surface area contributed by atoms with Crippen molar-refractivity contribution >= 4 is 5.97 Å². The normalized spacial score (nSPS) is 31.6. The van der Waals surface area contributed by atoms with Crippen molar-refractivity contribution in [2.75, 3.05) is 0 Å². The molecule has 2 fully saturated rings. The Bertz CT molecular complexity index is 922. The number of hydrogen-bond donors (Lipinski definition) is 1. The molecule has 4 unspecified atom stereocenters. The van der Waals surface area contributed by atoms with Crippen LogP contribution >= 0.6 is 0 Å². The van der Waals surface area contributed by atoms with E-state index in [0.717, 1.165) is 19.3 Å². The van der Waals surface area contributed by atoms with E-state index in [4.69, 9.17) is 4.74 Å². The van der Waals surface area contributed by atoms with Crippen molar-refractivity contribution < 1.29 is 14.6 Å². The molecule has 0 aliphatic heterocycles. The molecular formula is C26H30O3. The number of rotatable bonds is 4. The molecule has 0 aromatic heterocycles. The maximum atomic E-state index is 12.6. The molecule has 3 heteroatoms. The molecule has 3 aliphatic carbocycles. The topological polar surface area (TPSA) is 46.5 Å². The van der Waals surface area contributed by atoms with Gasteiger partial charge >= 0.3 is 5.97 Å². The van der Waals surface area contributed by atoms with E-state index in [1.807, 2.05) is 30.3 Å². The minimum atomic E-state index is -0.834. The van der Waals surface area contributed by atoms with Gasteiger partial charge in [-0.15, -0.1) is 0 Å². The van der Waals surface area contributed by atoms with Gasteiger partial charge in [0.15, 0.2) is 6.10 Å². The molecule has 29 heavy (non-hydrogen) atoms. The van der Waals surface area contributed by atoms with Crippen LogP contribution in [0.5, 0.6) is 5.75 Å². The minimum Gasteiger partial charge on any atom is -0.478 e. The zero-order valence-electron chi connectivity index (χ0n) is 17.5. The largest absolute Gasteiger partial charge is 0.478 e. The van der Waals surface area contributed by atoms with Gasteiger partial charge in [0.1, 0.15) is 5.75 Å². The summed E-state index contributed by atoms with van der Waals surface area (Å²) >= 11 is 0. The molecular weight excluding hydrogens is 360 g/mol. The third kappa shape index (κ3) is 2.39. The highest BCUT2D eigenvalue weighted by molar-refractivity contribution is 5.74. The van der Waals surface area contributed by atoms with Crippen LogP contribution in [-0.4, -0.2) is 17.2 Å². The Labute approximate surface area is 173 Å². The van der Waals surface area contributed by atoms with Gasteiger partial charge in [0, 0.05) is 5.92 Å². The molecule has 1 N–H and O–H groups in total. The Hall–Kier alpha value is -2.29. The summed E-state index contributed by atoms with van der Waals surface area (Å²) in [6.45, 7) is 7.08. The van der Waals surface area contributed by atoms with E-state index in [0.29, 0.717) is 11.7 Å². The third-order valence-electron chi connectivity index (χ3n) is 9.01. The third-order valence-corrected chi connectivity index (χ3v) is 9.01. The van der Waals surface area contributed by atoms with E-state index < -0.39 is 12.1 Å². The number of carboxylic acids is 1. The first kappa shape index (κ1) is 18.7. The number of ether oxygens (including phenoxy) is 1. The van der Waals surface area contributed by atoms with Crippen molar-refractivity contribution in [1.82, 2.24) is 0 Å². The maximum Gasteiger partial charge on any atom is 0.345 e. The van der Waals surface area contributed by atoms with E-state index in [2.05, 4.69) is 45.0 Å². The van der Waals surface area contributed by atoms with Gasteiger partial charge in [-0.1, -0.05) is 63.2 Å². The fourth-order valence-electron chi connectivity index (χ4n) is 7.62. The molecule has 3 aliphatic rings. The first-order valence-corrected chi connectivity index (χ1v) is 10.8. The quantitative estimate of drug-likeness (QED) is 0.763. The number of aliphatic carboxylic acids is 1. The average molecular weight is 391 g/mol. The second-order valence-electron chi connectivity index (χ2n) is 10.3. The number of carboxylic acid groups (broad SMARTS) is 1. The molecule has 2 bridgehead atoms. The van der Waals surface area contributed by atoms with Crippen molar-refractivity contribution in [2.45, 2.75) is 52.6 Å². The standard InChI is InChI=1S/C26H30O3/c1-24(2)20-13-14-25(24,3)22(21(23(27)28)29-19-11-5-4-6-12-19)26(20)15-17-9-7-8-10-18(17)16-26/h4-12,20-22H,13-16H2,1-3H3,(H,27,28). The van der Waals surface area contributed by atoms with Crippen LogP contribution in [0.15, 0.2) is 54.6 Å². The molecule has 2 saturated carbocycles. The summed E-state index contributed by atoms with van der Waals surface area (Å²) in [5.74, 6) is 0.306. The average Bonchev–Trinajstić information content (AvgIpc) is 3.21. The molecule has 0 radical (unpaired) electrons. The lowest BCUT2D eigenvalue weighted by Crippen LogP contribution is -2.52. The van der Waals surface area contributed by atoms with E-state index in [9.17, 15) is 9.90 Å². The summed E-state index contributed by atoms with van der Waals surface area (Å²) in [4.78, 5) is 12.6. The molecule has 152 valence electrons. The molecule has 0 saturated heterocycles. The molecule has 4 atom stereocenters. The van der Waals surface area contributed by atoms with E-state index in [1.165, 1.54) is 17.5 Å². The van der Waals surface area contributed by atoms with Crippen LogP contribution in [0.3, 0.4) is 0 Å². The molecule has 0 amide bonds. The Morgan fingerprint density at radius 1 is 1.00 bits per heavy atom. The summed E-state index contributed by atoms with van der Waals surface area (Å²) < 4.78 is 6.26. The van der Waals surface area contributed by atoms with Crippen LogP contribution in [0, 0.1) is 28.1 Å². The number of benzene rings is 2. The Morgan fingerprint density at radius 2 is 1.59 bits per heavy atom. The number of fused-ring (bicyclic) bond motifs is 4. The lowest BCUT2D eigenvalue weighted by Gasteiger charge is -2.47. The molecule has 2 aromatic rings. The number of para-hydroxylation sites is 1. The summed E-state index contributed by atoms with van der Waals surface area (Å²) in [5.41, 5.74) is 2.78. The highest BCUT2D eigenvalue weighted by Gasteiger charge is 2.75. The van der Waals surface area contributed by atoms with Crippen molar-refractivity contribution in [3.63, 3.8) is 0 Å². The second-order valence-corrected chi connectivity index (χ2v) is 10.3. The zero-order chi connectivity index (χ0) is 20.4. The first-order chi connectivity index (χ1) is 13.8. The highest BCUT2D eigenvalue weighted by Crippen LogP contribution is 2.78. The van der Waals surface area contributed by atoms with Crippen LogP contribution in [0.1, 0.15) is 44.7 Å². The number of carbonyl (C=O) groups is 1. The van der Waals surface area contributed by atoms with Gasteiger partial charge in [0.25, 0.3) is 0 Å². The number of hydrogen-bond acceptors (Lipinski definition) is 2. The first-order valence-electron chi connectivity index (χ1n) is 10.8. The molecule has 5 rings (SSSR count). The van der Waals surface area contributed by atoms with Crippen LogP contribution in [0.2, 0.25) is 0 Å². The van der Waals surface area contributed by atoms with Crippen LogP contribution < -0.4 is 4.74 Å². The van der Waals surface area contributed by atoms with E-state index in [1.54, 1.807) is 0 Å². The Kier molecular flexibility index (Phi) is 3.94. The van der Waals surface area contributed by atoms with Crippen LogP contribution in [0.25, 0.3) is 0 Å². The van der Waals surface area contributed by atoms with Crippen molar-refractivity contribution in [3.8, 4) is 5.75 Å². The highest BCUT2D eigenvalue weighted by atomic mass is 16.5. The lowest BCUT2D eigenvalue weighted by molar-refractivity contribution is -0.156. The fraction of sp³-hybridized carbons (Fsp3) is 0.500.